The first-order chi connectivity index (χ1) is 9.45. The van der Waals surface area contributed by atoms with E-state index in [2.05, 4.69) is 80.0 Å². The van der Waals surface area contributed by atoms with Crippen molar-refractivity contribution in [2.45, 2.75) is 32.6 Å². The lowest BCUT2D eigenvalue weighted by molar-refractivity contribution is 1.36. The van der Waals surface area contributed by atoms with Crippen LogP contribution in [0.15, 0.2) is 41.3 Å². The lowest BCUT2D eigenvalue weighted by Gasteiger charge is -2.08. The molecule has 0 aromatic heterocycles. The molecular formula is C17H18BrPS. The zero-order valence-electron chi connectivity index (χ0n) is 12.2. The van der Waals surface area contributed by atoms with Crippen molar-refractivity contribution in [1.82, 2.24) is 0 Å². The third-order valence-corrected chi connectivity index (χ3v) is 6.40. The maximum atomic E-state index is 3.72. The summed E-state index contributed by atoms with van der Waals surface area (Å²) in [6, 6.07) is 13.2. The topological polar surface area (TPSA) is 0 Å². The van der Waals surface area contributed by atoms with Crippen molar-refractivity contribution in [3.63, 3.8) is 0 Å². The molecule has 3 heteroatoms. The van der Waals surface area contributed by atoms with Gasteiger partial charge in [0.25, 0.3) is 0 Å². The number of thioether (sulfide) groups is 1. The summed E-state index contributed by atoms with van der Waals surface area (Å²) in [7, 11) is 1.25. The molecule has 2 rings (SSSR count). The lowest BCUT2D eigenvalue weighted by Crippen LogP contribution is -2.04. The Labute approximate surface area is 135 Å². The molecule has 0 N–H and O–H groups in total. The molecule has 0 saturated heterocycles. The van der Waals surface area contributed by atoms with Crippen molar-refractivity contribution in [1.29, 1.82) is 0 Å². The lowest BCUT2D eigenvalue weighted by atomic mass is 10.1. The van der Waals surface area contributed by atoms with Gasteiger partial charge < -0.3 is 0 Å². The molecule has 0 fully saturated rings. The zero-order valence-corrected chi connectivity index (χ0v) is 15.5. The third-order valence-electron chi connectivity index (χ3n) is 3.06. The van der Waals surface area contributed by atoms with E-state index in [-0.39, 0.29) is 0 Å². The molecule has 0 spiro atoms. The van der Waals surface area contributed by atoms with Crippen LogP contribution in [-0.2, 0) is 0 Å². The molecule has 104 valence electrons. The highest BCUT2D eigenvalue weighted by Crippen LogP contribution is 2.28. The van der Waals surface area contributed by atoms with Crippen LogP contribution in [0.2, 0.25) is 0 Å². The smallest absolute Gasteiger partial charge is 0.0775 e. The van der Waals surface area contributed by atoms with Crippen molar-refractivity contribution >= 4 is 44.7 Å². The summed E-state index contributed by atoms with van der Waals surface area (Å²) in [5.41, 5.74) is 5.37. The van der Waals surface area contributed by atoms with Gasteiger partial charge in [-0.3, -0.25) is 0 Å². The second-order valence-electron chi connectivity index (χ2n) is 5.03. The Morgan fingerprint density at radius 1 is 0.900 bits per heavy atom. The van der Waals surface area contributed by atoms with Crippen LogP contribution in [0.1, 0.15) is 22.3 Å². The number of hydrogen-bond acceptors (Lipinski definition) is 1. The highest BCUT2D eigenvalue weighted by Gasteiger charge is 2.04. The van der Waals surface area contributed by atoms with E-state index in [1.54, 1.807) is 11.8 Å². The molecular weight excluding hydrogens is 347 g/mol. The fourth-order valence-electron chi connectivity index (χ4n) is 2.16. The fraction of sp³-hybridized carbons (Fsp3) is 0.235. The van der Waals surface area contributed by atoms with Gasteiger partial charge in [-0.25, -0.2) is 0 Å². The fourth-order valence-corrected chi connectivity index (χ4v) is 5.15. The molecule has 0 unspecified atom stereocenters. The maximum Gasteiger partial charge on any atom is 0.0827 e. The van der Waals surface area contributed by atoms with Gasteiger partial charge in [-0.15, -0.1) is 0 Å². The minimum Gasteiger partial charge on any atom is -0.0775 e. The Hall–Kier alpha value is -0.560. The number of rotatable bonds is 3. The molecule has 0 aliphatic heterocycles. The highest BCUT2D eigenvalue weighted by atomic mass is 79.9. The second kappa shape index (κ2) is 6.93. The summed E-state index contributed by atoms with van der Waals surface area (Å²) in [5.74, 6) is 0. The Morgan fingerprint density at radius 2 is 1.45 bits per heavy atom. The van der Waals surface area contributed by atoms with E-state index >= 15 is 0 Å². The first kappa shape index (κ1) is 15.8. The molecule has 0 amide bonds. The molecule has 0 bridgehead atoms. The average molecular weight is 365 g/mol. The van der Waals surface area contributed by atoms with Crippen LogP contribution in [0.4, 0.5) is 0 Å². The first-order valence-corrected chi connectivity index (χ1v) is 9.02. The largest absolute Gasteiger partial charge is 0.0827 e. The van der Waals surface area contributed by atoms with E-state index in [0.29, 0.717) is 0 Å². The first-order valence-electron chi connectivity index (χ1n) is 6.52. The van der Waals surface area contributed by atoms with E-state index < -0.39 is 0 Å². The van der Waals surface area contributed by atoms with Crippen LogP contribution in [0.3, 0.4) is 0 Å². The maximum absolute atomic E-state index is 3.72. The van der Waals surface area contributed by atoms with Gasteiger partial charge in [-0.05, 0) is 75.1 Å². The number of aryl methyl sites for hydroxylation is 4. The average Bonchev–Trinajstić information content (AvgIpc) is 2.36. The van der Waals surface area contributed by atoms with Crippen molar-refractivity contribution in [2.75, 3.05) is 0 Å². The van der Waals surface area contributed by atoms with E-state index in [9.17, 15) is 0 Å². The van der Waals surface area contributed by atoms with Crippen LogP contribution in [0.5, 0.6) is 0 Å². The predicted octanol–water partition coefficient (Wildman–Crippen LogP) is 5.77. The van der Waals surface area contributed by atoms with Gasteiger partial charge in [0.15, 0.2) is 0 Å². The molecule has 0 radical (unpaired) electrons. The summed E-state index contributed by atoms with van der Waals surface area (Å²) >= 11 is 5.51. The molecule has 0 aliphatic rings. The van der Waals surface area contributed by atoms with Gasteiger partial charge in [0.05, 0.1) is 3.53 Å². The molecule has 20 heavy (non-hydrogen) atoms. The van der Waals surface area contributed by atoms with Crippen molar-refractivity contribution in [2.24, 2.45) is 0 Å². The van der Waals surface area contributed by atoms with Crippen molar-refractivity contribution in [3.05, 3.63) is 58.7 Å². The van der Waals surface area contributed by atoms with E-state index in [1.807, 2.05) is 0 Å². The second-order valence-corrected chi connectivity index (χ2v) is 9.46. The Morgan fingerprint density at radius 3 is 2.00 bits per heavy atom. The van der Waals surface area contributed by atoms with Gasteiger partial charge >= 0.3 is 0 Å². The zero-order chi connectivity index (χ0) is 14.7. The van der Waals surface area contributed by atoms with Gasteiger partial charge in [0.1, 0.15) is 0 Å². The monoisotopic (exact) mass is 364 g/mol. The summed E-state index contributed by atoms with van der Waals surface area (Å²) < 4.78 is 1.23. The standard InChI is InChI=1S/C17H18BrPS/c1-11-5-7-15(8-6-11)20-17(18)19-16-13(3)9-12(2)10-14(16)4/h5-10H,1-4H3. The normalized spacial score (nSPS) is 11.8. The number of hydrogen-bond donors (Lipinski definition) is 0. The Kier molecular flexibility index (Phi) is 5.49. The van der Waals surface area contributed by atoms with E-state index in [0.717, 1.165) is 0 Å². The molecule has 0 nitrogen and oxygen atoms in total. The van der Waals surface area contributed by atoms with Gasteiger partial charge in [-0.2, -0.15) is 0 Å². The summed E-state index contributed by atoms with van der Waals surface area (Å²) in [6.07, 6.45) is 0. The molecule has 0 heterocycles. The third kappa shape index (κ3) is 4.22. The van der Waals surface area contributed by atoms with Crippen LogP contribution in [0, 0.1) is 27.7 Å². The summed E-state index contributed by atoms with van der Waals surface area (Å²) in [6.45, 7) is 8.66. The molecule has 0 aliphatic carbocycles. The minimum absolute atomic E-state index is 1.23. The molecule has 2 aromatic rings. The van der Waals surface area contributed by atoms with E-state index in [1.165, 1.54) is 44.2 Å². The van der Waals surface area contributed by atoms with Crippen LogP contribution >= 0.6 is 35.9 Å². The molecule has 2 aromatic carbocycles. The number of halogens is 1. The summed E-state index contributed by atoms with van der Waals surface area (Å²) in [5, 5.41) is 1.40. The van der Waals surface area contributed by atoms with Gasteiger partial charge in [0, 0.05) is 10.2 Å². The SMILES string of the molecule is Cc1ccc(SC(Br)=Pc2c(C)cc(C)cc2C)cc1. The van der Waals surface area contributed by atoms with E-state index in [4.69, 9.17) is 0 Å². The van der Waals surface area contributed by atoms with Crippen LogP contribution in [0.25, 0.3) is 0 Å². The Bertz CT molecular complexity index is 622. The Balaban J connectivity index is 2.24. The van der Waals surface area contributed by atoms with Crippen LogP contribution in [-0.4, -0.2) is 3.53 Å². The van der Waals surface area contributed by atoms with Crippen molar-refractivity contribution in [3.8, 4) is 0 Å². The van der Waals surface area contributed by atoms with Gasteiger partial charge in [0.2, 0.25) is 0 Å². The molecule has 0 atom stereocenters. The van der Waals surface area contributed by atoms with Gasteiger partial charge in [-0.1, -0.05) is 47.2 Å². The van der Waals surface area contributed by atoms with Crippen LogP contribution < -0.4 is 5.30 Å². The minimum atomic E-state index is 1.23. The summed E-state index contributed by atoms with van der Waals surface area (Å²) in [4.78, 5) is 1.28. The highest BCUT2D eigenvalue weighted by molar-refractivity contribution is 9.23. The molecule has 0 saturated carbocycles. The quantitative estimate of drug-likeness (QED) is 0.492. The number of benzene rings is 2. The van der Waals surface area contributed by atoms with Crippen molar-refractivity contribution < 1.29 is 0 Å². The predicted molar refractivity (Wildman–Crippen MR) is 98.2 cm³/mol.